The second-order valence-electron chi connectivity index (χ2n) is 4.81. The quantitative estimate of drug-likeness (QED) is 0.831. The standard InChI is InChI=1S/C12H20N2O4S/c1-5-14-7-10(6-11(14)12(15)16)19(17,18)13-9(4)8(2)3/h6-9,13H,5H2,1-4H3,(H,15,16). The Morgan fingerprint density at radius 2 is 2.00 bits per heavy atom. The number of rotatable bonds is 6. The first kappa shape index (κ1) is 15.7. The molecule has 0 aliphatic heterocycles. The maximum atomic E-state index is 12.1. The smallest absolute Gasteiger partial charge is 0.352 e. The fraction of sp³-hybridized carbons (Fsp3) is 0.583. The van der Waals surface area contributed by atoms with Crippen LogP contribution < -0.4 is 4.72 Å². The molecule has 7 heteroatoms. The van der Waals surface area contributed by atoms with Crippen LogP contribution in [0.1, 0.15) is 38.2 Å². The van der Waals surface area contributed by atoms with Crippen molar-refractivity contribution in [2.45, 2.75) is 45.2 Å². The van der Waals surface area contributed by atoms with Gasteiger partial charge in [-0.15, -0.1) is 0 Å². The topological polar surface area (TPSA) is 88.4 Å². The summed E-state index contributed by atoms with van der Waals surface area (Å²) < 4.78 is 28.2. The molecular formula is C12H20N2O4S. The number of aromatic nitrogens is 1. The molecule has 1 aromatic rings. The molecule has 1 rings (SSSR count). The average Bonchev–Trinajstić information content (AvgIpc) is 2.72. The first-order valence-corrected chi connectivity index (χ1v) is 7.63. The third-order valence-corrected chi connectivity index (χ3v) is 4.61. The zero-order chi connectivity index (χ0) is 14.8. The highest BCUT2D eigenvalue weighted by Crippen LogP contribution is 2.16. The van der Waals surface area contributed by atoms with Gasteiger partial charge in [-0.05, 0) is 25.8 Å². The summed E-state index contributed by atoms with van der Waals surface area (Å²) in [5.41, 5.74) is -0.0277. The number of aryl methyl sites for hydroxylation is 1. The van der Waals surface area contributed by atoms with Crippen LogP contribution >= 0.6 is 0 Å². The Bertz CT molecular complexity index is 560. The molecule has 6 nitrogen and oxygen atoms in total. The van der Waals surface area contributed by atoms with Crippen molar-refractivity contribution in [3.05, 3.63) is 18.0 Å². The van der Waals surface area contributed by atoms with Gasteiger partial charge in [-0.2, -0.15) is 0 Å². The molecule has 0 aromatic carbocycles. The van der Waals surface area contributed by atoms with Crippen molar-refractivity contribution in [3.63, 3.8) is 0 Å². The van der Waals surface area contributed by atoms with Crippen LogP contribution in [-0.4, -0.2) is 30.1 Å². The summed E-state index contributed by atoms with van der Waals surface area (Å²) in [7, 11) is -3.68. The molecule has 1 aromatic heterocycles. The number of carboxylic acids is 1. The normalized spacial score (nSPS) is 13.7. The lowest BCUT2D eigenvalue weighted by Crippen LogP contribution is -2.35. The first-order valence-electron chi connectivity index (χ1n) is 6.14. The zero-order valence-corrected chi connectivity index (χ0v) is 12.4. The maximum Gasteiger partial charge on any atom is 0.352 e. The molecule has 0 saturated carbocycles. The monoisotopic (exact) mass is 288 g/mol. The molecule has 108 valence electrons. The third-order valence-electron chi connectivity index (χ3n) is 3.08. The van der Waals surface area contributed by atoms with Crippen molar-refractivity contribution in [2.75, 3.05) is 0 Å². The lowest BCUT2D eigenvalue weighted by atomic mass is 10.1. The molecular weight excluding hydrogens is 268 g/mol. The predicted molar refractivity (Wildman–Crippen MR) is 71.7 cm³/mol. The summed E-state index contributed by atoms with van der Waals surface area (Å²) in [4.78, 5) is 11.0. The number of sulfonamides is 1. The van der Waals surface area contributed by atoms with Crippen LogP contribution in [0.2, 0.25) is 0 Å². The van der Waals surface area contributed by atoms with E-state index in [0.717, 1.165) is 0 Å². The van der Waals surface area contributed by atoms with E-state index in [4.69, 9.17) is 5.11 Å². The van der Waals surface area contributed by atoms with E-state index in [2.05, 4.69) is 4.72 Å². The minimum atomic E-state index is -3.68. The molecule has 0 amide bonds. The van der Waals surface area contributed by atoms with Crippen molar-refractivity contribution in [3.8, 4) is 0 Å². The van der Waals surface area contributed by atoms with E-state index >= 15 is 0 Å². The molecule has 19 heavy (non-hydrogen) atoms. The minimum Gasteiger partial charge on any atom is -0.477 e. The number of hydrogen-bond acceptors (Lipinski definition) is 3. The predicted octanol–water partition coefficient (Wildman–Crippen LogP) is 1.53. The van der Waals surface area contributed by atoms with E-state index in [9.17, 15) is 13.2 Å². The molecule has 0 radical (unpaired) electrons. The molecule has 2 N–H and O–H groups in total. The van der Waals surface area contributed by atoms with Crippen LogP contribution in [0, 0.1) is 5.92 Å². The van der Waals surface area contributed by atoms with Gasteiger partial charge in [-0.25, -0.2) is 17.9 Å². The number of nitrogens with zero attached hydrogens (tertiary/aromatic N) is 1. The molecule has 1 heterocycles. The van der Waals surface area contributed by atoms with Gasteiger partial charge >= 0.3 is 5.97 Å². The summed E-state index contributed by atoms with van der Waals surface area (Å²) in [6.45, 7) is 7.75. The Morgan fingerprint density at radius 3 is 2.37 bits per heavy atom. The van der Waals surface area contributed by atoms with Gasteiger partial charge in [-0.1, -0.05) is 13.8 Å². The van der Waals surface area contributed by atoms with E-state index in [1.807, 2.05) is 13.8 Å². The fourth-order valence-corrected chi connectivity index (χ4v) is 2.95. The Morgan fingerprint density at radius 1 is 1.42 bits per heavy atom. The van der Waals surface area contributed by atoms with Gasteiger partial charge in [0.05, 0.1) is 0 Å². The molecule has 0 aliphatic rings. The Kier molecular flexibility index (Phi) is 4.75. The SMILES string of the molecule is CCn1cc(S(=O)(=O)NC(C)C(C)C)cc1C(=O)O. The lowest BCUT2D eigenvalue weighted by Gasteiger charge is -2.16. The van der Waals surface area contributed by atoms with Crippen LogP contribution in [0.3, 0.4) is 0 Å². The number of hydrogen-bond donors (Lipinski definition) is 2. The molecule has 1 unspecified atom stereocenters. The number of carbonyl (C=O) groups is 1. The molecule has 0 fully saturated rings. The summed E-state index contributed by atoms with van der Waals surface area (Å²) in [6, 6.07) is 0.963. The molecule has 0 saturated heterocycles. The van der Waals surface area contributed by atoms with E-state index < -0.39 is 16.0 Å². The summed E-state index contributed by atoms with van der Waals surface area (Å²) in [5, 5.41) is 9.01. The molecule has 0 aliphatic carbocycles. The number of nitrogens with one attached hydrogen (secondary N) is 1. The highest BCUT2D eigenvalue weighted by Gasteiger charge is 2.23. The van der Waals surface area contributed by atoms with Crippen molar-refractivity contribution in [1.29, 1.82) is 0 Å². The number of aromatic carboxylic acids is 1. The Hall–Kier alpha value is -1.34. The van der Waals surface area contributed by atoms with E-state index in [1.54, 1.807) is 13.8 Å². The average molecular weight is 288 g/mol. The van der Waals surface area contributed by atoms with Gasteiger partial charge in [0, 0.05) is 18.8 Å². The van der Waals surface area contributed by atoms with Crippen LogP contribution in [-0.2, 0) is 16.6 Å². The van der Waals surface area contributed by atoms with Gasteiger partial charge in [0.2, 0.25) is 10.0 Å². The van der Waals surface area contributed by atoms with Gasteiger partial charge < -0.3 is 9.67 Å². The van der Waals surface area contributed by atoms with E-state index in [-0.39, 0.29) is 22.5 Å². The van der Waals surface area contributed by atoms with Crippen LogP contribution in [0.15, 0.2) is 17.2 Å². The fourth-order valence-electron chi connectivity index (χ4n) is 1.52. The summed E-state index contributed by atoms with van der Waals surface area (Å²) in [5.74, 6) is -0.984. The van der Waals surface area contributed by atoms with Crippen LogP contribution in [0.4, 0.5) is 0 Å². The van der Waals surface area contributed by atoms with Gasteiger partial charge in [0.25, 0.3) is 0 Å². The second kappa shape index (κ2) is 5.75. The van der Waals surface area contributed by atoms with E-state index in [1.165, 1.54) is 16.8 Å². The van der Waals surface area contributed by atoms with Crippen LogP contribution in [0.25, 0.3) is 0 Å². The van der Waals surface area contributed by atoms with Crippen molar-refractivity contribution >= 4 is 16.0 Å². The summed E-state index contributed by atoms with van der Waals surface area (Å²) in [6.07, 6.45) is 1.35. The highest BCUT2D eigenvalue weighted by molar-refractivity contribution is 7.89. The highest BCUT2D eigenvalue weighted by atomic mass is 32.2. The van der Waals surface area contributed by atoms with Crippen molar-refractivity contribution in [2.24, 2.45) is 5.92 Å². The third kappa shape index (κ3) is 3.57. The Balaban J connectivity index is 3.12. The second-order valence-corrected chi connectivity index (χ2v) is 6.52. The molecule has 0 spiro atoms. The number of carboxylic acid groups (broad SMARTS) is 1. The molecule has 0 bridgehead atoms. The van der Waals surface area contributed by atoms with Gasteiger partial charge in [0.1, 0.15) is 10.6 Å². The zero-order valence-electron chi connectivity index (χ0n) is 11.5. The van der Waals surface area contributed by atoms with Crippen molar-refractivity contribution < 1.29 is 18.3 Å². The van der Waals surface area contributed by atoms with Gasteiger partial charge in [0.15, 0.2) is 0 Å². The first-order chi connectivity index (χ1) is 8.69. The minimum absolute atomic E-state index is 0.0146. The van der Waals surface area contributed by atoms with E-state index in [0.29, 0.717) is 6.54 Å². The Labute approximate surface area is 113 Å². The largest absolute Gasteiger partial charge is 0.477 e. The van der Waals surface area contributed by atoms with Gasteiger partial charge in [-0.3, -0.25) is 0 Å². The maximum absolute atomic E-state index is 12.1. The summed E-state index contributed by atoms with van der Waals surface area (Å²) >= 11 is 0. The molecule has 1 atom stereocenters. The van der Waals surface area contributed by atoms with Crippen molar-refractivity contribution in [1.82, 2.24) is 9.29 Å². The lowest BCUT2D eigenvalue weighted by molar-refractivity contribution is 0.0685. The van der Waals surface area contributed by atoms with Crippen LogP contribution in [0.5, 0.6) is 0 Å².